The Bertz CT molecular complexity index is 635. The lowest BCUT2D eigenvalue weighted by molar-refractivity contribution is 0.448. The summed E-state index contributed by atoms with van der Waals surface area (Å²) in [6, 6.07) is 5.47. The number of nitrogens with one attached hydrogen (secondary N) is 1. The Morgan fingerprint density at radius 1 is 1.39 bits per heavy atom. The number of benzene rings is 1. The highest BCUT2D eigenvalue weighted by Crippen LogP contribution is 2.24. The van der Waals surface area contributed by atoms with Crippen molar-refractivity contribution in [2.45, 2.75) is 19.8 Å². The second-order valence-corrected chi connectivity index (χ2v) is 4.31. The number of nitrogens with zero attached hydrogens (tertiary/aromatic N) is 1. The molecule has 0 aliphatic carbocycles. The lowest BCUT2D eigenvalue weighted by atomic mass is 10.1. The maximum Gasteiger partial charge on any atom is 0.262 e. The van der Waals surface area contributed by atoms with Gasteiger partial charge in [-0.1, -0.05) is 26.0 Å². The van der Waals surface area contributed by atoms with Gasteiger partial charge in [-0.25, -0.2) is 4.39 Å². The highest BCUT2D eigenvalue weighted by Gasteiger charge is 2.14. The van der Waals surface area contributed by atoms with Gasteiger partial charge >= 0.3 is 0 Å². The highest BCUT2D eigenvalue weighted by molar-refractivity contribution is 5.67. The van der Waals surface area contributed by atoms with Gasteiger partial charge in [0.2, 0.25) is 5.88 Å². The van der Waals surface area contributed by atoms with E-state index in [0.717, 1.165) is 0 Å². The average Bonchev–Trinajstić information content (AvgIpc) is 2.27. The summed E-state index contributed by atoms with van der Waals surface area (Å²) in [5.41, 5.74) is -0.188. The molecule has 1 aromatic heterocycles. The molecule has 0 aliphatic rings. The molecule has 0 radical (unpaired) electrons. The molecular weight excluding hydrogens is 235 g/mol. The molecule has 0 aliphatic heterocycles. The maximum atomic E-state index is 13.1. The number of hydrogen-bond acceptors (Lipinski definition) is 3. The zero-order valence-electron chi connectivity index (χ0n) is 10.1. The zero-order valence-corrected chi connectivity index (χ0v) is 10.1. The largest absolute Gasteiger partial charge is 0.493 e. The molecule has 0 atom stereocenters. The Morgan fingerprint density at radius 2 is 2.11 bits per heavy atom. The van der Waals surface area contributed by atoms with E-state index in [2.05, 4.69) is 9.97 Å². The smallest absolute Gasteiger partial charge is 0.262 e. The van der Waals surface area contributed by atoms with Gasteiger partial charge in [-0.3, -0.25) is 4.79 Å². The van der Waals surface area contributed by atoms with Gasteiger partial charge in [-0.05, 0) is 17.7 Å². The van der Waals surface area contributed by atoms with E-state index in [9.17, 15) is 14.3 Å². The van der Waals surface area contributed by atoms with E-state index in [1.54, 1.807) is 6.07 Å². The summed E-state index contributed by atoms with van der Waals surface area (Å²) in [6.45, 7) is 3.69. The Kier molecular flexibility index (Phi) is 3.14. The molecule has 1 heterocycles. The lowest BCUT2D eigenvalue weighted by Crippen LogP contribution is -2.14. The van der Waals surface area contributed by atoms with Crippen LogP contribution in [0.5, 0.6) is 5.88 Å². The van der Waals surface area contributed by atoms with E-state index in [0.29, 0.717) is 11.4 Å². The third kappa shape index (κ3) is 2.25. The average molecular weight is 248 g/mol. The van der Waals surface area contributed by atoms with E-state index in [1.165, 1.54) is 18.2 Å². The standard InChI is InChI=1S/C13H13FN2O2/c1-7(2)11-15-12(17)10(13(18)16-11)8-4-3-5-9(14)6-8/h3-7H,1-2H3,(H2,15,16,17,18). The first kappa shape index (κ1) is 12.3. The molecule has 0 spiro atoms. The minimum absolute atomic E-state index is 0.00911. The molecule has 94 valence electrons. The van der Waals surface area contributed by atoms with Crippen molar-refractivity contribution in [3.8, 4) is 17.0 Å². The predicted octanol–water partition coefficient (Wildman–Crippen LogP) is 2.41. The number of H-pyrrole nitrogens is 1. The van der Waals surface area contributed by atoms with Crippen LogP contribution in [0.2, 0.25) is 0 Å². The second kappa shape index (κ2) is 4.60. The van der Waals surface area contributed by atoms with Gasteiger partial charge < -0.3 is 10.1 Å². The fraction of sp³-hybridized carbons (Fsp3) is 0.231. The first-order valence-electron chi connectivity index (χ1n) is 5.58. The van der Waals surface area contributed by atoms with E-state index in [-0.39, 0.29) is 17.4 Å². The SMILES string of the molecule is CC(C)c1nc(O)c(-c2cccc(F)c2)c(=O)[nH]1. The molecule has 0 saturated heterocycles. The normalized spacial score (nSPS) is 10.9. The molecule has 0 bridgehead atoms. The van der Waals surface area contributed by atoms with Gasteiger partial charge in [0.25, 0.3) is 5.56 Å². The predicted molar refractivity (Wildman–Crippen MR) is 66.0 cm³/mol. The molecule has 0 amide bonds. The number of halogens is 1. The number of rotatable bonds is 2. The monoisotopic (exact) mass is 248 g/mol. The van der Waals surface area contributed by atoms with E-state index >= 15 is 0 Å². The van der Waals surface area contributed by atoms with Crippen molar-refractivity contribution < 1.29 is 9.50 Å². The van der Waals surface area contributed by atoms with Crippen LogP contribution in [0.15, 0.2) is 29.1 Å². The van der Waals surface area contributed by atoms with Crippen LogP contribution in [0.4, 0.5) is 4.39 Å². The molecular formula is C13H13FN2O2. The summed E-state index contributed by atoms with van der Waals surface area (Å²) in [5, 5.41) is 9.81. The number of aromatic amines is 1. The molecule has 1 aromatic carbocycles. The van der Waals surface area contributed by atoms with Crippen LogP contribution >= 0.6 is 0 Å². The van der Waals surface area contributed by atoms with Gasteiger partial charge in [-0.15, -0.1) is 0 Å². The summed E-state index contributed by atoms with van der Waals surface area (Å²) < 4.78 is 13.1. The summed E-state index contributed by atoms with van der Waals surface area (Å²) in [4.78, 5) is 18.4. The zero-order chi connectivity index (χ0) is 13.3. The van der Waals surface area contributed by atoms with Crippen LogP contribution in [0, 0.1) is 5.82 Å². The summed E-state index contributed by atoms with van der Waals surface area (Å²) in [6.07, 6.45) is 0. The molecule has 0 fully saturated rings. The van der Waals surface area contributed by atoms with Crippen LogP contribution in [-0.4, -0.2) is 15.1 Å². The quantitative estimate of drug-likeness (QED) is 0.857. The highest BCUT2D eigenvalue weighted by atomic mass is 19.1. The topological polar surface area (TPSA) is 66.0 Å². The van der Waals surface area contributed by atoms with Crippen molar-refractivity contribution in [1.29, 1.82) is 0 Å². The maximum absolute atomic E-state index is 13.1. The fourth-order valence-corrected chi connectivity index (χ4v) is 1.66. The van der Waals surface area contributed by atoms with Crippen molar-refractivity contribution in [1.82, 2.24) is 9.97 Å². The summed E-state index contributed by atoms with van der Waals surface area (Å²) >= 11 is 0. The minimum atomic E-state index is -0.475. The Labute approximate surface area is 103 Å². The molecule has 2 rings (SSSR count). The summed E-state index contributed by atoms with van der Waals surface area (Å²) in [5.74, 6) is -0.463. The van der Waals surface area contributed by atoms with Crippen LogP contribution < -0.4 is 5.56 Å². The second-order valence-electron chi connectivity index (χ2n) is 4.31. The van der Waals surface area contributed by atoms with Crippen LogP contribution in [0.3, 0.4) is 0 Å². The van der Waals surface area contributed by atoms with E-state index in [4.69, 9.17) is 0 Å². The van der Waals surface area contributed by atoms with Gasteiger partial charge in [0.15, 0.2) is 0 Å². The third-order valence-electron chi connectivity index (χ3n) is 2.58. The van der Waals surface area contributed by atoms with Crippen LogP contribution in [0.1, 0.15) is 25.6 Å². The van der Waals surface area contributed by atoms with E-state index < -0.39 is 11.4 Å². The number of hydrogen-bond donors (Lipinski definition) is 2. The van der Waals surface area contributed by atoms with Crippen LogP contribution in [0.25, 0.3) is 11.1 Å². The molecule has 2 N–H and O–H groups in total. The summed E-state index contributed by atoms with van der Waals surface area (Å²) in [7, 11) is 0. The van der Waals surface area contributed by atoms with Crippen LogP contribution in [-0.2, 0) is 0 Å². The van der Waals surface area contributed by atoms with Crippen molar-refractivity contribution >= 4 is 0 Å². The number of aromatic hydroxyl groups is 1. The Hall–Kier alpha value is -2.17. The lowest BCUT2D eigenvalue weighted by Gasteiger charge is -2.08. The van der Waals surface area contributed by atoms with Crippen molar-refractivity contribution in [2.75, 3.05) is 0 Å². The molecule has 0 unspecified atom stereocenters. The van der Waals surface area contributed by atoms with Gasteiger partial charge in [0.05, 0.1) is 0 Å². The molecule has 0 saturated carbocycles. The van der Waals surface area contributed by atoms with E-state index in [1.807, 2.05) is 13.8 Å². The van der Waals surface area contributed by atoms with Crippen molar-refractivity contribution in [3.63, 3.8) is 0 Å². The third-order valence-corrected chi connectivity index (χ3v) is 2.58. The van der Waals surface area contributed by atoms with Gasteiger partial charge in [0, 0.05) is 5.92 Å². The fourth-order valence-electron chi connectivity index (χ4n) is 1.66. The molecule has 4 nitrogen and oxygen atoms in total. The molecule has 18 heavy (non-hydrogen) atoms. The van der Waals surface area contributed by atoms with Crippen molar-refractivity contribution in [2.24, 2.45) is 0 Å². The Balaban J connectivity index is 2.63. The molecule has 5 heteroatoms. The minimum Gasteiger partial charge on any atom is -0.493 e. The van der Waals surface area contributed by atoms with Crippen molar-refractivity contribution in [3.05, 3.63) is 46.3 Å². The molecule has 2 aromatic rings. The Morgan fingerprint density at radius 3 is 2.67 bits per heavy atom. The first-order valence-corrected chi connectivity index (χ1v) is 5.58. The van der Waals surface area contributed by atoms with Gasteiger partial charge in [0.1, 0.15) is 17.2 Å². The van der Waals surface area contributed by atoms with Gasteiger partial charge in [-0.2, -0.15) is 4.98 Å². The number of aromatic nitrogens is 2. The first-order chi connectivity index (χ1) is 8.49.